The molecule has 0 aromatic carbocycles. The van der Waals surface area contributed by atoms with Crippen molar-refractivity contribution < 1.29 is 13.2 Å². The van der Waals surface area contributed by atoms with Crippen molar-refractivity contribution in [2.24, 2.45) is 5.92 Å². The number of hydrogen-bond acceptors (Lipinski definition) is 3. The SMILES string of the molecule is FC(F)(F)Cn1ccnc1CN1CCCC(CN2CCCCCC2)C1. The number of alkyl halides is 3. The highest BCUT2D eigenvalue weighted by Crippen LogP contribution is 2.22. The summed E-state index contributed by atoms with van der Waals surface area (Å²) in [5.74, 6) is 1.14. The third-order valence-electron chi connectivity index (χ3n) is 5.33. The summed E-state index contributed by atoms with van der Waals surface area (Å²) >= 11 is 0. The van der Waals surface area contributed by atoms with Gasteiger partial charge in [-0.1, -0.05) is 12.8 Å². The van der Waals surface area contributed by atoms with E-state index in [1.54, 1.807) is 0 Å². The lowest BCUT2D eigenvalue weighted by molar-refractivity contribution is -0.141. The van der Waals surface area contributed by atoms with Crippen LogP contribution in [0.25, 0.3) is 0 Å². The Kier molecular flexibility index (Phi) is 6.39. The van der Waals surface area contributed by atoms with E-state index in [0.717, 1.165) is 26.1 Å². The second kappa shape index (κ2) is 8.54. The molecule has 1 aromatic heterocycles. The molecule has 1 unspecified atom stereocenters. The minimum Gasteiger partial charge on any atom is -0.325 e. The Labute approximate surface area is 148 Å². The van der Waals surface area contributed by atoms with E-state index in [1.165, 1.54) is 62.2 Å². The van der Waals surface area contributed by atoms with Crippen molar-refractivity contribution in [2.45, 2.75) is 57.8 Å². The fraction of sp³-hybridized carbons (Fsp3) is 0.833. The van der Waals surface area contributed by atoms with Gasteiger partial charge < -0.3 is 9.47 Å². The number of piperidine rings is 1. The standard InChI is InChI=1S/C18H29F3N4/c19-18(20,21)15-25-11-7-22-17(25)14-24-10-5-6-16(13-24)12-23-8-3-1-2-4-9-23/h7,11,16H,1-6,8-10,12-15H2. The predicted molar refractivity (Wildman–Crippen MR) is 91.2 cm³/mol. The van der Waals surface area contributed by atoms with E-state index in [9.17, 15) is 13.2 Å². The van der Waals surface area contributed by atoms with E-state index < -0.39 is 12.7 Å². The molecule has 3 heterocycles. The lowest BCUT2D eigenvalue weighted by atomic mass is 9.97. The monoisotopic (exact) mass is 358 g/mol. The van der Waals surface area contributed by atoms with E-state index in [2.05, 4.69) is 14.8 Å². The number of likely N-dealkylation sites (tertiary alicyclic amines) is 2. The highest BCUT2D eigenvalue weighted by molar-refractivity contribution is 4.94. The van der Waals surface area contributed by atoms with Gasteiger partial charge in [-0.15, -0.1) is 0 Å². The molecule has 0 bridgehead atoms. The minimum absolute atomic E-state index is 0.513. The first-order valence-corrected chi connectivity index (χ1v) is 9.51. The number of imidazole rings is 1. The first-order chi connectivity index (χ1) is 12.0. The molecule has 1 aromatic rings. The van der Waals surface area contributed by atoms with E-state index in [1.807, 2.05) is 0 Å². The molecule has 1 atom stereocenters. The van der Waals surface area contributed by atoms with Gasteiger partial charge in [-0.2, -0.15) is 13.2 Å². The number of hydrogen-bond donors (Lipinski definition) is 0. The van der Waals surface area contributed by atoms with Gasteiger partial charge in [0.25, 0.3) is 0 Å². The summed E-state index contributed by atoms with van der Waals surface area (Å²) < 4.78 is 39.2. The summed E-state index contributed by atoms with van der Waals surface area (Å²) in [6, 6.07) is 0. The van der Waals surface area contributed by atoms with E-state index >= 15 is 0 Å². The molecule has 0 amide bonds. The second-order valence-corrected chi connectivity index (χ2v) is 7.54. The van der Waals surface area contributed by atoms with Crippen LogP contribution in [0.2, 0.25) is 0 Å². The van der Waals surface area contributed by atoms with Crippen molar-refractivity contribution in [3.05, 3.63) is 18.2 Å². The van der Waals surface area contributed by atoms with Crippen LogP contribution in [0.3, 0.4) is 0 Å². The largest absolute Gasteiger partial charge is 0.406 e. The summed E-state index contributed by atoms with van der Waals surface area (Å²) in [5, 5.41) is 0. The van der Waals surface area contributed by atoms with Crippen LogP contribution in [-0.4, -0.2) is 58.3 Å². The van der Waals surface area contributed by atoms with Crippen molar-refractivity contribution >= 4 is 0 Å². The molecule has 142 valence electrons. The fourth-order valence-electron chi connectivity index (χ4n) is 4.16. The van der Waals surface area contributed by atoms with Crippen molar-refractivity contribution in [2.75, 3.05) is 32.7 Å². The molecule has 0 aliphatic carbocycles. The fourth-order valence-corrected chi connectivity index (χ4v) is 4.16. The smallest absolute Gasteiger partial charge is 0.325 e. The molecule has 0 spiro atoms. The highest BCUT2D eigenvalue weighted by Gasteiger charge is 2.29. The van der Waals surface area contributed by atoms with Gasteiger partial charge in [-0.3, -0.25) is 4.90 Å². The topological polar surface area (TPSA) is 24.3 Å². The Morgan fingerprint density at radius 1 is 1.00 bits per heavy atom. The number of rotatable bonds is 5. The lowest BCUT2D eigenvalue weighted by Gasteiger charge is -2.35. The van der Waals surface area contributed by atoms with Crippen LogP contribution in [0.1, 0.15) is 44.3 Å². The summed E-state index contributed by atoms with van der Waals surface area (Å²) in [6.45, 7) is 5.02. The molecule has 0 radical (unpaired) electrons. The maximum Gasteiger partial charge on any atom is 0.406 e. The van der Waals surface area contributed by atoms with Gasteiger partial charge in [0.2, 0.25) is 0 Å². The van der Waals surface area contributed by atoms with Gasteiger partial charge in [0, 0.05) is 25.5 Å². The zero-order valence-corrected chi connectivity index (χ0v) is 14.8. The Morgan fingerprint density at radius 2 is 1.72 bits per heavy atom. The van der Waals surface area contributed by atoms with Crippen LogP contribution < -0.4 is 0 Å². The third-order valence-corrected chi connectivity index (χ3v) is 5.33. The molecule has 2 fully saturated rings. The number of aromatic nitrogens is 2. The van der Waals surface area contributed by atoms with Gasteiger partial charge >= 0.3 is 6.18 Å². The summed E-state index contributed by atoms with van der Waals surface area (Å²) in [4.78, 5) is 9.03. The molecule has 0 saturated carbocycles. The second-order valence-electron chi connectivity index (χ2n) is 7.54. The molecule has 0 N–H and O–H groups in total. The molecule has 25 heavy (non-hydrogen) atoms. The zero-order chi connectivity index (χ0) is 17.7. The number of halogens is 3. The van der Waals surface area contributed by atoms with Crippen molar-refractivity contribution in [3.8, 4) is 0 Å². The van der Waals surface area contributed by atoms with Gasteiger partial charge in [-0.25, -0.2) is 4.98 Å². The Morgan fingerprint density at radius 3 is 2.44 bits per heavy atom. The number of nitrogens with zero attached hydrogens (tertiary/aromatic N) is 4. The van der Waals surface area contributed by atoms with Crippen LogP contribution in [0.5, 0.6) is 0 Å². The van der Waals surface area contributed by atoms with Crippen LogP contribution in [0.15, 0.2) is 12.4 Å². The Balaban J connectivity index is 1.52. The average molecular weight is 358 g/mol. The van der Waals surface area contributed by atoms with Gasteiger partial charge in [0.05, 0.1) is 6.54 Å². The highest BCUT2D eigenvalue weighted by atomic mass is 19.4. The van der Waals surface area contributed by atoms with Crippen LogP contribution >= 0.6 is 0 Å². The van der Waals surface area contributed by atoms with E-state index in [-0.39, 0.29) is 0 Å². The molecule has 2 aliphatic rings. The summed E-state index contributed by atoms with van der Waals surface area (Å²) in [7, 11) is 0. The quantitative estimate of drug-likeness (QED) is 0.805. The minimum atomic E-state index is -4.20. The molecule has 4 nitrogen and oxygen atoms in total. The van der Waals surface area contributed by atoms with Crippen molar-refractivity contribution in [1.82, 2.24) is 19.4 Å². The first kappa shape index (κ1) is 18.7. The maximum atomic E-state index is 12.7. The van der Waals surface area contributed by atoms with Gasteiger partial charge in [0.1, 0.15) is 12.4 Å². The third kappa shape index (κ3) is 5.99. The van der Waals surface area contributed by atoms with Crippen molar-refractivity contribution in [1.29, 1.82) is 0 Å². The van der Waals surface area contributed by atoms with Crippen LogP contribution in [-0.2, 0) is 13.1 Å². The van der Waals surface area contributed by atoms with Gasteiger partial charge in [-0.05, 0) is 51.2 Å². The lowest BCUT2D eigenvalue weighted by Crippen LogP contribution is -2.41. The van der Waals surface area contributed by atoms with Crippen LogP contribution in [0, 0.1) is 5.92 Å². The zero-order valence-electron chi connectivity index (χ0n) is 14.8. The van der Waals surface area contributed by atoms with E-state index in [0.29, 0.717) is 18.3 Å². The first-order valence-electron chi connectivity index (χ1n) is 9.51. The molecule has 2 saturated heterocycles. The molecule has 2 aliphatic heterocycles. The predicted octanol–water partition coefficient (Wildman–Crippen LogP) is 3.53. The Hall–Kier alpha value is -1.08. The van der Waals surface area contributed by atoms with Gasteiger partial charge in [0.15, 0.2) is 0 Å². The molecular weight excluding hydrogens is 329 g/mol. The van der Waals surface area contributed by atoms with E-state index in [4.69, 9.17) is 0 Å². The summed E-state index contributed by atoms with van der Waals surface area (Å²) in [6.07, 6.45) is 6.33. The molecular formula is C18H29F3N4. The Bertz CT molecular complexity index is 521. The van der Waals surface area contributed by atoms with Crippen molar-refractivity contribution in [3.63, 3.8) is 0 Å². The maximum absolute atomic E-state index is 12.7. The normalized spacial score (nSPS) is 24.4. The molecule has 3 rings (SSSR count). The molecule has 7 heteroatoms. The average Bonchev–Trinajstić information content (AvgIpc) is 2.81. The summed E-state index contributed by atoms with van der Waals surface area (Å²) in [5.41, 5.74) is 0. The van der Waals surface area contributed by atoms with Crippen LogP contribution in [0.4, 0.5) is 13.2 Å².